The van der Waals surface area contributed by atoms with Gasteiger partial charge in [-0.1, -0.05) is 36.4 Å². The Kier molecular flexibility index (Phi) is 3.21. The van der Waals surface area contributed by atoms with Gasteiger partial charge in [-0.25, -0.2) is 17.4 Å². The van der Waals surface area contributed by atoms with Gasteiger partial charge in [0.15, 0.2) is 6.29 Å². The molecule has 0 aliphatic carbocycles. The lowest BCUT2D eigenvalue weighted by Crippen LogP contribution is -2.13. The second-order valence-corrected chi connectivity index (χ2v) is 7.14. The van der Waals surface area contributed by atoms with Crippen LogP contribution in [0.2, 0.25) is 0 Å². The van der Waals surface area contributed by atoms with Gasteiger partial charge in [-0.15, -0.1) is 0 Å². The third-order valence-corrected chi connectivity index (χ3v) is 5.63. The van der Waals surface area contributed by atoms with Gasteiger partial charge in [0.25, 0.3) is 10.0 Å². The summed E-state index contributed by atoms with van der Waals surface area (Å²) in [5, 5.41) is 1.49. The van der Waals surface area contributed by atoms with Crippen molar-refractivity contribution >= 4 is 38.1 Å². The first-order valence-corrected chi connectivity index (χ1v) is 8.72. The molecule has 0 spiro atoms. The van der Waals surface area contributed by atoms with Crippen LogP contribution in [-0.2, 0) is 10.0 Å². The Morgan fingerprint density at radius 2 is 1.58 bits per heavy atom. The minimum atomic E-state index is -3.81. The molecule has 0 saturated heterocycles. The Bertz CT molecular complexity index is 1180. The van der Waals surface area contributed by atoms with Crippen molar-refractivity contribution in [3.8, 4) is 0 Å². The number of rotatable bonds is 3. The van der Waals surface area contributed by atoms with Crippen molar-refractivity contribution in [1.29, 1.82) is 0 Å². The summed E-state index contributed by atoms with van der Waals surface area (Å²) in [4.78, 5) is 16.0. The molecular weight excluding hydrogens is 324 g/mol. The molecule has 0 fully saturated rings. The SMILES string of the molecule is O=Cc1nc2ccccc2c2ccn(S(=O)(=O)c3ccccc3)c12. The first-order chi connectivity index (χ1) is 11.6. The first kappa shape index (κ1) is 14.6. The van der Waals surface area contributed by atoms with Crippen molar-refractivity contribution in [2.45, 2.75) is 4.90 Å². The molecule has 5 nitrogen and oxygen atoms in total. The predicted octanol–water partition coefficient (Wildman–Crippen LogP) is 3.24. The van der Waals surface area contributed by atoms with Gasteiger partial charge in [0, 0.05) is 17.0 Å². The van der Waals surface area contributed by atoms with E-state index in [1.165, 1.54) is 18.3 Å². The third-order valence-electron chi connectivity index (χ3n) is 3.94. The number of hydrogen-bond donors (Lipinski definition) is 0. The summed E-state index contributed by atoms with van der Waals surface area (Å²) in [5.74, 6) is 0. The molecular formula is C18H12N2O3S. The van der Waals surface area contributed by atoms with Crippen LogP contribution < -0.4 is 0 Å². The number of fused-ring (bicyclic) bond motifs is 3. The molecule has 0 saturated carbocycles. The van der Waals surface area contributed by atoms with Crippen LogP contribution in [0.4, 0.5) is 0 Å². The molecule has 6 heteroatoms. The van der Waals surface area contributed by atoms with E-state index in [1.54, 1.807) is 30.3 Å². The van der Waals surface area contributed by atoms with Gasteiger partial charge in [0.05, 0.1) is 15.9 Å². The number of nitrogens with zero attached hydrogens (tertiary/aromatic N) is 2. The average Bonchev–Trinajstić information content (AvgIpc) is 3.08. The highest BCUT2D eigenvalue weighted by atomic mass is 32.2. The van der Waals surface area contributed by atoms with E-state index in [2.05, 4.69) is 4.98 Å². The molecule has 24 heavy (non-hydrogen) atoms. The average molecular weight is 336 g/mol. The summed E-state index contributed by atoms with van der Waals surface area (Å²) in [5.41, 5.74) is 1.06. The van der Waals surface area contributed by atoms with E-state index >= 15 is 0 Å². The molecule has 0 amide bonds. The molecule has 2 aromatic heterocycles. The van der Waals surface area contributed by atoms with Gasteiger partial charge >= 0.3 is 0 Å². The van der Waals surface area contributed by atoms with Crippen molar-refractivity contribution in [2.75, 3.05) is 0 Å². The summed E-state index contributed by atoms with van der Waals surface area (Å²) < 4.78 is 27.0. The zero-order chi connectivity index (χ0) is 16.7. The number of carbonyl (C=O) groups excluding carboxylic acids is 1. The predicted molar refractivity (Wildman–Crippen MR) is 91.7 cm³/mol. The lowest BCUT2D eigenvalue weighted by Gasteiger charge is -2.09. The standard InChI is InChI=1S/C18H12N2O3S/c21-12-17-18-15(14-8-4-5-9-16(14)19-17)10-11-20(18)24(22,23)13-6-2-1-3-7-13/h1-12H. The Labute approximate surface area is 138 Å². The van der Waals surface area contributed by atoms with Crippen molar-refractivity contribution in [3.05, 3.63) is 72.6 Å². The van der Waals surface area contributed by atoms with E-state index < -0.39 is 10.0 Å². The Morgan fingerprint density at radius 1 is 0.875 bits per heavy atom. The van der Waals surface area contributed by atoms with Crippen molar-refractivity contribution in [2.24, 2.45) is 0 Å². The van der Waals surface area contributed by atoms with Gasteiger partial charge in [0.1, 0.15) is 5.69 Å². The zero-order valence-electron chi connectivity index (χ0n) is 12.5. The van der Waals surface area contributed by atoms with Gasteiger partial charge < -0.3 is 0 Å². The van der Waals surface area contributed by atoms with Crippen LogP contribution in [0.5, 0.6) is 0 Å². The van der Waals surface area contributed by atoms with Crippen molar-refractivity contribution < 1.29 is 13.2 Å². The van der Waals surface area contributed by atoms with Crippen LogP contribution in [0, 0.1) is 0 Å². The maximum absolute atomic E-state index is 12.9. The minimum absolute atomic E-state index is 0.105. The van der Waals surface area contributed by atoms with Gasteiger partial charge in [-0.05, 0) is 24.3 Å². The first-order valence-electron chi connectivity index (χ1n) is 7.28. The fourth-order valence-corrected chi connectivity index (χ4v) is 4.23. The molecule has 0 radical (unpaired) electrons. The van der Waals surface area contributed by atoms with Crippen LogP contribution in [0.1, 0.15) is 10.5 Å². The fraction of sp³-hybridized carbons (Fsp3) is 0. The lowest BCUT2D eigenvalue weighted by molar-refractivity contribution is 0.112. The molecule has 0 N–H and O–H groups in total. The van der Waals surface area contributed by atoms with Crippen molar-refractivity contribution in [1.82, 2.24) is 8.96 Å². The number of carbonyl (C=O) groups is 1. The second kappa shape index (κ2) is 5.28. The number of benzene rings is 2. The summed E-state index contributed by atoms with van der Waals surface area (Å²) in [7, 11) is -3.81. The molecule has 2 heterocycles. The maximum atomic E-state index is 12.9. The number of aldehydes is 1. The van der Waals surface area contributed by atoms with Crippen LogP contribution in [0.15, 0.2) is 71.8 Å². The number of aromatic nitrogens is 2. The Hall–Kier alpha value is -2.99. The van der Waals surface area contributed by atoms with E-state index in [1.807, 2.05) is 18.2 Å². The van der Waals surface area contributed by atoms with E-state index in [0.717, 1.165) is 9.36 Å². The lowest BCUT2D eigenvalue weighted by atomic mass is 10.1. The van der Waals surface area contributed by atoms with Crippen LogP contribution in [0.25, 0.3) is 21.8 Å². The largest absolute Gasteiger partial charge is 0.296 e. The van der Waals surface area contributed by atoms with E-state index in [-0.39, 0.29) is 10.6 Å². The fourth-order valence-electron chi connectivity index (χ4n) is 2.85. The third kappa shape index (κ3) is 2.04. The van der Waals surface area contributed by atoms with Gasteiger partial charge in [-0.2, -0.15) is 0 Å². The molecule has 0 atom stereocenters. The highest BCUT2D eigenvalue weighted by Gasteiger charge is 2.22. The van der Waals surface area contributed by atoms with Gasteiger partial charge in [0.2, 0.25) is 0 Å². The second-order valence-electron chi connectivity index (χ2n) is 5.32. The van der Waals surface area contributed by atoms with Gasteiger partial charge in [-0.3, -0.25) is 4.79 Å². The summed E-state index contributed by atoms with van der Waals surface area (Å²) in [6.07, 6.45) is 2.06. The zero-order valence-corrected chi connectivity index (χ0v) is 13.3. The smallest absolute Gasteiger partial charge is 0.268 e. The number of pyridine rings is 1. The Balaban J connectivity index is 2.12. The molecule has 118 valence electrons. The monoisotopic (exact) mass is 336 g/mol. The quantitative estimate of drug-likeness (QED) is 0.539. The Morgan fingerprint density at radius 3 is 2.33 bits per heavy atom. The molecule has 2 aromatic carbocycles. The minimum Gasteiger partial charge on any atom is -0.296 e. The molecule has 0 unspecified atom stereocenters. The number of hydrogen-bond acceptors (Lipinski definition) is 4. The summed E-state index contributed by atoms with van der Waals surface area (Å²) in [6, 6.07) is 17.2. The molecule has 4 aromatic rings. The van der Waals surface area contributed by atoms with Crippen LogP contribution in [-0.4, -0.2) is 23.7 Å². The van der Waals surface area contributed by atoms with E-state index in [4.69, 9.17) is 0 Å². The van der Waals surface area contributed by atoms with E-state index in [0.29, 0.717) is 22.7 Å². The topological polar surface area (TPSA) is 69.0 Å². The number of para-hydroxylation sites is 1. The molecule has 0 aliphatic heterocycles. The summed E-state index contributed by atoms with van der Waals surface area (Å²) in [6.45, 7) is 0. The normalized spacial score (nSPS) is 11.8. The maximum Gasteiger partial charge on any atom is 0.268 e. The molecule has 4 rings (SSSR count). The summed E-state index contributed by atoms with van der Waals surface area (Å²) >= 11 is 0. The van der Waals surface area contributed by atoms with E-state index in [9.17, 15) is 13.2 Å². The molecule has 0 aliphatic rings. The van der Waals surface area contributed by atoms with Crippen LogP contribution >= 0.6 is 0 Å². The van der Waals surface area contributed by atoms with Crippen LogP contribution in [0.3, 0.4) is 0 Å². The highest BCUT2D eigenvalue weighted by Crippen LogP contribution is 2.29. The van der Waals surface area contributed by atoms with Crippen molar-refractivity contribution in [3.63, 3.8) is 0 Å². The molecule has 0 bridgehead atoms. The highest BCUT2D eigenvalue weighted by molar-refractivity contribution is 7.90.